The Balaban J connectivity index is 0.00000161. The van der Waals surface area contributed by atoms with Gasteiger partial charge < -0.3 is 5.48 Å². The molecule has 2 amide bonds. The van der Waals surface area contributed by atoms with E-state index < -0.39 is 22.8 Å². The van der Waals surface area contributed by atoms with Crippen molar-refractivity contribution in [1.29, 1.82) is 0 Å². The predicted octanol–water partition coefficient (Wildman–Crippen LogP) is 1.11. The van der Waals surface area contributed by atoms with Crippen molar-refractivity contribution in [3.63, 3.8) is 0 Å². The van der Waals surface area contributed by atoms with E-state index in [-0.39, 0.29) is 11.9 Å². The van der Waals surface area contributed by atoms with E-state index in [1.165, 1.54) is 0 Å². The number of carbonyl (C=O) groups excluding carboxylic acids is 2. The number of hydrogen-bond acceptors (Lipinski definition) is 3. The standard InChI is InChI=1S/C15H11NO3S.H2O/c17-14(10-11-6-2-1-3-7-11)16-15(18)12-8-4-5-9-13(12)20(16)19;/h1-9H,10H2;1H2. The summed E-state index contributed by atoms with van der Waals surface area (Å²) in [6.07, 6.45) is 0.0618. The Kier molecular flexibility index (Phi) is 4.30. The second-order valence-corrected chi connectivity index (χ2v) is 5.70. The molecule has 0 saturated heterocycles. The van der Waals surface area contributed by atoms with Crippen molar-refractivity contribution in [2.45, 2.75) is 11.3 Å². The van der Waals surface area contributed by atoms with E-state index in [4.69, 9.17) is 0 Å². The maximum Gasteiger partial charge on any atom is 0.274 e. The van der Waals surface area contributed by atoms with E-state index in [1.807, 2.05) is 18.2 Å². The first kappa shape index (κ1) is 15.1. The molecule has 1 aliphatic heterocycles. The molecule has 1 heterocycles. The lowest BCUT2D eigenvalue weighted by molar-refractivity contribution is -0.123. The zero-order chi connectivity index (χ0) is 14.1. The van der Waals surface area contributed by atoms with E-state index in [0.29, 0.717) is 10.5 Å². The lowest BCUT2D eigenvalue weighted by Gasteiger charge is -2.11. The lowest BCUT2D eigenvalue weighted by atomic mass is 10.1. The van der Waals surface area contributed by atoms with Crippen LogP contribution in [0.1, 0.15) is 15.9 Å². The second-order valence-electron chi connectivity index (χ2n) is 4.40. The number of fused-ring (bicyclic) bond motifs is 1. The first-order valence-corrected chi connectivity index (χ1v) is 7.21. The van der Waals surface area contributed by atoms with Gasteiger partial charge in [-0.2, -0.15) is 4.31 Å². The van der Waals surface area contributed by atoms with Gasteiger partial charge in [0, 0.05) is 0 Å². The number of amides is 2. The van der Waals surface area contributed by atoms with Gasteiger partial charge in [-0.25, -0.2) is 4.21 Å². The highest BCUT2D eigenvalue weighted by atomic mass is 32.2. The summed E-state index contributed by atoms with van der Waals surface area (Å²) in [5.41, 5.74) is 1.13. The van der Waals surface area contributed by atoms with Crippen LogP contribution >= 0.6 is 0 Å². The van der Waals surface area contributed by atoms with Gasteiger partial charge in [-0.05, 0) is 17.7 Å². The molecule has 0 aromatic heterocycles. The summed E-state index contributed by atoms with van der Waals surface area (Å²) in [4.78, 5) is 24.8. The molecule has 0 fully saturated rings. The fraction of sp³-hybridized carbons (Fsp3) is 0.0667. The van der Waals surface area contributed by atoms with Crippen LogP contribution in [0.5, 0.6) is 0 Å². The third-order valence-corrected chi connectivity index (χ3v) is 4.51. The summed E-state index contributed by atoms with van der Waals surface area (Å²) < 4.78 is 13.1. The Hall–Kier alpha value is -2.31. The average Bonchev–Trinajstić information content (AvgIpc) is 2.72. The summed E-state index contributed by atoms with van der Waals surface area (Å²) in [5.74, 6) is -0.935. The topological polar surface area (TPSA) is 85.9 Å². The van der Waals surface area contributed by atoms with Crippen molar-refractivity contribution in [3.8, 4) is 0 Å². The molecule has 108 valence electrons. The van der Waals surface area contributed by atoms with E-state index in [1.54, 1.807) is 36.4 Å². The molecule has 1 atom stereocenters. The summed E-state index contributed by atoms with van der Waals surface area (Å²) in [6, 6.07) is 15.7. The van der Waals surface area contributed by atoms with Gasteiger partial charge in [0.1, 0.15) is 0 Å². The Morgan fingerprint density at radius 3 is 2.29 bits per heavy atom. The Morgan fingerprint density at radius 2 is 1.62 bits per heavy atom. The van der Waals surface area contributed by atoms with E-state index in [9.17, 15) is 13.8 Å². The van der Waals surface area contributed by atoms with Crippen LogP contribution in [0.25, 0.3) is 0 Å². The minimum absolute atomic E-state index is 0. The van der Waals surface area contributed by atoms with Crippen molar-refractivity contribution >= 4 is 22.8 Å². The fourth-order valence-electron chi connectivity index (χ4n) is 2.13. The molecule has 0 spiro atoms. The molecule has 6 heteroatoms. The molecule has 3 rings (SSSR count). The third-order valence-electron chi connectivity index (χ3n) is 3.08. The SMILES string of the molecule is O.O=C(Cc1ccccc1)N1C(=O)c2ccccc2S1=O. The molecule has 0 saturated carbocycles. The Bertz CT molecular complexity index is 680. The number of benzene rings is 2. The number of imide groups is 1. The van der Waals surface area contributed by atoms with Gasteiger partial charge in [-0.15, -0.1) is 0 Å². The quantitative estimate of drug-likeness (QED) is 0.832. The van der Waals surface area contributed by atoms with Crippen LogP contribution in [-0.4, -0.2) is 25.8 Å². The van der Waals surface area contributed by atoms with Crippen molar-refractivity contribution < 1.29 is 19.3 Å². The van der Waals surface area contributed by atoms with E-state index in [2.05, 4.69) is 0 Å². The normalized spacial score (nSPS) is 16.3. The minimum atomic E-state index is -1.74. The van der Waals surface area contributed by atoms with Crippen molar-refractivity contribution in [2.24, 2.45) is 0 Å². The lowest BCUT2D eigenvalue weighted by Crippen LogP contribution is -2.34. The van der Waals surface area contributed by atoms with E-state index in [0.717, 1.165) is 9.87 Å². The van der Waals surface area contributed by atoms with Crippen LogP contribution in [0, 0.1) is 0 Å². The van der Waals surface area contributed by atoms with Crippen molar-refractivity contribution in [3.05, 3.63) is 65.7 Å². The molecular weight excluding hydrogens is 290 g/mol. The molecule has 0 bridgehead atoms. The van der Waals surface area contributed by atoms with Crippen molar-refractivity contribution in [1.82, 2.24) is 4.31 Å². The molecule has 0 radical (unpaired) electrons. The fourth-order valence-corrected chi connectivity index (χ4v) is 3.36. The van der Waals surface area contributed by atoms with Gasteiger partial charge in [-0.3, -0.25) is 9.59 Å². The molecule has 2 N–H and O–H groups in total. The summed E-state index contributed by atoms with van der Waals surface area (Å²) in [7, 11) is -1.74. The van der Waals surface area contributed by atoms with Crippen molar-refractivity contribution in [2.75, 3.05) is 0 Å². The van der Waals surface area contributed by atoms with Crippen LogP contribution in [0.4, 0.5) is 0 Å². The average molecular weight is 303 g/mol. The zero-order valence-electron chi connectivity index (χ0n) is 11.0. The van der Waals surface area contributed by atoms with Crippen LogP contribution in [-0.2, 0) is 22.2 Å². The third kappa shape index (κ3) is 2.63. The molecule has 1 aliphatic rings. The number of rotatable bonds is 2. The first-order valence-electron chi connectivity index (χ1n) is 6.10. The van der Waals surface area contributed by atoms with Gasteiger partial charge in [0.15, 0.2) is 11.0 Å². The highest BCUT2D eigenvalue weighted by Gasteiger charge is 2.38. The minimum Gasteiger partial charge on any atom is -0.412 e. The first-order chi connectivity index (χ1) is 9.68. The van der Waals surface area contributed by atoms with Crippen LogP contribution in [0.3, 0.4) is 0 Å². The smallest absolute Gasteiger partial charge is 0.274 e. The van der Waals surface area contributed by atoms with E-state index >= 15 is 0 Å². The number of hydrogen-bond donors (Lipinski definition) is 0. The van der Waals surface area contributed by atoms with Crippen LogP contribution in [0.2, 0.25) is 0 Å². The molecule has 1 unspecified atom stereocenters. The molecule has 2 aromatic rings. The highest BCUT2D eigenvalue weighted by molar-refractivity contribution is 7.84. The van der Waals surface area contributed by atoms with Gasteiger partial charge in [0.05, 0.1) is 16.9 Å². The number of nitrogens with zero attached hydrogens (tertiary/aromatic N) is 1. The predicted molar refractivity (Wildman–Crippen MR) is 77.8 cm³/mol. The monoisotopic (exact) mass is 303 g/mol. The maximum absolute atomic E-state index is 12.2. The maximum atomic E-state index is 12.2. The molecule has 0 aliphatic carbocycles. The number of carbonyl (C=O) groups is 2. The largest absolute Gasteiger partial charge is 0.412 e. The van der Waals surface area contributed by atoms with Gasteiger partial charge in [-0.1, -0.05) is 42.5 Å². The Morgan fingerprint density at radius 1 is 1.00 bits per heavy atom. The molecule has 2 aromatic carbocycles. The summed E-state index contributed by atoms with van der Waals surface area (Å²) in [6.45, 7) is 0. The van der Waals surface area contributed by atoms with Crippen LogP contribution < -0.4 is 0 Å². The summed E-state index contributed by atoms with van der Waals surface area (Å²) in [5, 5.41) is 0. The molecule has 21 heavy (non-hydrogen) atoms. The van der Waals surface area contributed by atoms with Gasteiger partial charge in [0.25, 0.3) is 5.91 Å². The molecular formula is C15H13NO4S. The summed E-state index contributed by atoms with van der Waals surface area (Å²) >= 11 is 0. The molecule has 5 nitrogen and oxygen atoms in total. The van der Waals surface area contributed by atoms with Gasteiger partial charge >= 0.3 is 0 Å². The second kappa shape index (κ2) is 5.99. The van der Waals surface area contributed by atoms with Crippen LogP contribution in [0.15, 0.2) is 59.5 Å². The Labute approximate surface area is 124 Å². The van der Waals surface area contributed by atoms with Gasteiger partial charge in [0.2, 0.25) is 5.91 Å². The zero-order valence-corrected chi connectivity index (χ0v) is 11.8. The highest BCUT2D eigenvalue weighted by Crippen LogP contribution is 2.27.